The monoisotopic (exact) mass is 237 g/mol. The number of amides is 1. The number of allylic oxidation sites excluding steroid dienone is 4. The molecule has 0 aromatic heterocycles. The first-order chi connectivity index (χ1) is 8.04. The van der Waals surface area contributed by atoms with E-state index in [4.69, 9.17) is 10.5 Å². The lowest BCUT2D eigenvalue weighted by Crippen LogP contribution is -2.19. The molecule has 5 nitrogen and oxygen atoms in total. The number of methoxy groups -OCH3 is 1. The van der Waals surface area contributed by atoms with Crippen molar-refractivity contribution in [2.24, 2.45) is 11.7 Å². The van der Waals surface area contributed by atoms with Gasteiger partial charge in [0.2, 0.25) is 0 Å². The van der Waals surface area contributed by atoms with Gasteiger partial charge in [0, 0.05) is 0 Å². The van der Waals surface area contributed by atoms with E-state index in [1.807, 2.05) is 13.0 Å². The average Bonchev–Trinajstić information content (AvgIpc) is 2.47. The molecule has 0 aromatic rings. The van der Waals surface area contributed by atoms with E-state index < -0.39 is 11.9 Å². The third-order valence-electron chi connectivity index (χ3n) is 2.20. The van der Waals surface area contributed by atoms with Crippen LogP contribution in [0.15, 0.2) is 35.6 Å². The minimum absolute atomic E-state index is 0.0933. The molecule has 17 heavy (non-hydrogen) atoms. The van der Waals surface area contributed by atoms with Crippen molar-refractivity contribution in [2.45, 2.75) is 6.92 Å². The molecule has 0 aliphatic heterocycles. The minimum atomic E-state index is -0.597. The van der Waals surface area contributed by atoms with Crippen LogP contribution in [0.25, 0.3) is 0 Å². The first-order valence-electron chi connectivity index (χ1n) is 5.14. The number of hydrogen-bond acceptors (Lipinski definition) is 4. The summed E-state index contributed by atoms with van der Waals surface area (Å²) >= 11 is 0. The maximum Gasteiger partial charge on any atom is 0.343 e. The molecule has 1 amide bonds. The molecule has 0 saturated carbocycles. The van der Waals surface area contributed by atoms with Crippen LogP contribution in [0, 0.1) is 5.92 Å². The highest BCUT2D eigenvalue weighted by Crippen LogP contribution is 2.18. The molecule has 0 aromatic carbocycles. The lowest BCUT2D eigenvalue weighted by atomic mass is 10.1. The van der Waals surface area contributed by atoms with Crippen molar-refractivity contribution >= 4 is 11.9 Å². The summed E-state index contributed by atoms with van der Waals surface area (Å²) in [4.78, 5) is 22.2. The number of nitrogens with two attached hydrogens (primary N) is 1. The summed E-state index contributed by atoms with van der Waals surface area (Å²) in [7, 11) is 1.27. The first-order valence-corrected chi connectivity index (χ1v) is 5.14. The van der Waals surface area contributed by atoms with Gasteiger partial charge in [0.15, 0.2) is 6.61 Å². The van der Waals surface area contributed by atoms with E-state index in [0.717, 1.165) is 0 Å². The maximum absolute atomic E-state index is 11.2. The lowest BCUT2D eigenvalue weighted by molar-refractivity contribution is -0.144. The number of esters is 1. The largest absolute Gasteiger partial charge is 0.481 e. The fourth-order valence-electron chi connectivity index (χ4n) is 1.32. The molecular formula is C12H15NO4. The molecule has 0 saturated heterocycles. The smallest absolute Gasteiger partial charge is 0.343 e. The standard InChI is InChI=1S/C12H15NO4/c1-8-4-3-5-9(12(13)15)10(6-8)17-7-11(14)16-2/h3-6,8H,7H2,1-2H3,(H2,13,15). The molecular weight excluding hydrogens is 222 g/mol. The lowest BCUT2D eigenvalue weighted by Gasteiger charge is -2.10. The van der Waals surface area contributed by atoms with Crippen molar-refractivity contribution in [3.05, 3.63) is 35.6 Å². The molecule has 0 fully saturated rings. The molecule has 1 rings (SSSR count). The predicted molar refractivity (Wildman–Crippen MR) is 61.6 cm³/mol. The summed E-state index contributed by atoms with van der Waals surface area (Å²) in [5.41, 5.74) is 5.48. The fourth-order valence-corrected chi connectivity index (χ4v) is 1.32. The van der Waals surface area contributed by atoms with Gasteiger partial charge in [-0.05, 0) is 18.1 Å². The normalized spacial score (nSPS) is 18.8. The summed E-state index contributed by atoms with van der Waals surface area (Å²) < 4.78 is 9.69. The Kier molecular flexibility index (Phi) is 4.51. The molecule has 0 heterocycles. The van der Waals surface area contributed by atoms with E-state index in [1.54, 1.807) is 18.2 Å². The van der Waals surface area contributed by atoms with Crippen molar-refractivity contribution < 1.29 is 19.1 Å². The fraction of sp³-hybridized carbons (Fsp3) is 0.333. The topological polar surface area (TPSA) is 78.6 Å². The van der Waals surface area contributed by atoms with Crippen molar-refractivity contribution in [1.82, 2.24) is 0 Å². The van der Waals surface area contributed by atoms with Gasteiger partial charge in [-0.15, -0.1) is 0 Å². The molecule has 1 atom stereocenters. The van der Waals surface area contributed by atoms with E-state index in [0.29, 0.717) is 5.76 Å². The van der Waals surface area contributed by atoms with Gasteiger partial charge in [0.05, 0.1) is 12.7 Å². The Hall–Kier alpha value is -2.04. The first kappa shape index (κ1) is 13.0. The number of rotatable bonds is 4. The van der Waals surface area contributed by atoms with Gasteiger partial charge in [-0.2, -0.15) is 0 Å². The minimum Gasteiger partial charge on any atom is -0.481 e. The van der Waals surface area contributed by atoms with E-state index in [-0.39, 0.29) is 18.1 Å². The molecule has 5 heteroatoms. The van der Waals surface area contributed by atoms with Crippen LogP contribution >= 0.6 is 0 Å². The number of hydrogen-bond donors (Lipinski definition) is 1. The Morgan fingerprint density at radius 2 is 2.18 bits per heavy atom. The molecule has 0 spiro atoms. The van der Waals surface area contributed by atoms with Gasteiger partial charge >= 0.3 is 5.97 Å². The Morgan fingerprint density at radius 3 is 2.76 bits per heavy atom. The van der Waals surface area contributed by atoms with Crippen LogP contribution in [-0.2, 0) is 19.1 Å². The summed E-state index contributed by atoms with van der Waals surface area (Å²) in [6.45, 7) is 1.68. The summed E-state index contributed by atoms with van der Waals surface area (Å²) in [6.07, 6.45) is 6.91. The van der Waals surface area contributed by atoms with Crippen molar-refractivity contribution in [1.29, 1.82) is 0 Å². The number of carbonyl (C=O) groups is 2. The number of ether oxygens (including phenoxy) is 2. The van der Waals surface area contributed by atoms with Crippen LogP contribution in [0.4, 0.5) is 0 Å². The Bertz CT molecular complexity index is 407. The highest BCUT2D eigenvalue weighted by atomic mass is 16.6. The molecule has 1 aliphatic rings. The van der Waals surface area contributed by atoms with Crippen LogP contribution in [0.2, 0.25) is 0 Å². The van der Waals surface area contributed by atoms with Crippen LogP contribution in [0.5, 0.6) is 0 Å². The Morgan fingerprint density at radius 1 is 1.47 bits per heavy atom. The molecule has 0 bridgehead atoms. The van der Waals surface area contributed by atoms with E-state index >= 15 is 0 Å². The summed E-state index contributed by atoms with van der Waals surface area (Å²) in [5, 5.41) is 0. The second-order valence-electron chi connectivity index (χ2n) is 3.58. The number of carbonyl (C=O) groups excluding carboxylic acids is 2. The van der Waals surface area contributed by atoms with Gasteiger partial charge in [-0.3, -0.25) is 4.79 Å². The van der Waals surface area contributed by atoms with Gasteiger partial charge in [-0.25, -0.2) is 4.79 Å². The van der Waals surface area contributed by atoms with E-state index in [2.05, 4.69) is 4.74 Å². The third-order valence-corrected chi connectivity index (χ3v) is 2.20. The second-order valence-corrected chi connectivity index (χ2v) is 3.58. The Labute approximate surface area is 99.6 Å². The molecule has 1 unspecified atom stereocenters. The van der Waals surface area contributed by atoms with E-state index in [9.17, 15) is 9.59 Å². The highest BCUT2D eigenvalue weighted by molar-refractivity contribution is 5.96. The Balaban J connectivity index is 2.84. The molecule has 1 aliphatic carbocycles. The molecule has 0 radical (unpaired) electrons. The summed E-state index contributed by atoms with van der Waals surface area (Å²) in [5.74, 6) is -0.712. The van der Waals surface area contributed by atoms with Crippen molar-refractivity contribution in [3.63, 3.8) is 0 Å². The van der Waals surface area contributed by atoms with Crippen molar-refractivity contribution in [2.75, 3.05) is 13.7 Å². The zero-order valence-corrected chi connectivity index (χ0v) is 9.80. The van der Waals surface area contributed by atoms with Gasteiger partial charge < -0.3 is 15.2 Å². The van der Waals surface area contributed by atoms with Crippen molar-refractivity contribution in [3.8, 4) is 0 Å². The van der Waals surface area contributed by atoms with Gasteiger partial charge in [0.25, 0.3) is 5.91 Å². The zero-order chi connectivity index (χ0) is 12.8. The average molecular weight is 237 g/mol. The zero-order valence-electron chi connectivity index (χ0n) is 9.80. The summed E-state index contributed by atoms with van der Waals surface area (Å²) in [6, 6.07) is 0. The third kappa shape index (κ3) is 3.79. The van der Waals surface area contributed by atoms with Crippen LogP contribution in [0.3, 0.4) is 0 Å². The van der Waals surface area contributed by atoms with Crippen LogP contribution in [0.1, 0.15) is 6.92 Å². The SMILES string of the molecule is COC(=O)COC1=CC(C)C=CC=C1C(N)=O. The highest BCUT2D eigenvalue weighted by Gasteiger charge is 2.16. The van der Waals surface area contributed by atoms with Crippen LogP contribution in [-0.4, -0.2) is 25.6 Å². The quantitative estimate of drug-likeness (QED) is 0.729. The van der Waals surface area contributed by atoms with Crippen LogP contribution < -0.4 is 5.73 Å². The maximum atomic E-state index is 11.2. The second kappa shape index (κ2) is 5.89. The predicted octanol–water partition coefficient (Wildman–Crippen LogP) is 0.677. The molecule has 2 N–H and O–H groups in total. The molecule has 92 valence electrons. The van der Waals surface area contributed by atoms with Gasteiger partial charge in [0.1, 0.15) is 5.76 Å². The number of primary amides is 1. The van der Waals surface area contributed by atoms with E-state index in [1.165, 1.54) is 7.11 Å². The van der Waals surface area contributed by atoms with Gasteiger partial charge in [-0.1, -0.05) is 19.1 Å².